The van der Waals surface area contributed by atoms with Crippen LogP contribution in [0.3, 0.4) is 0 Å². The van der Waals surface area contributed by atoms with Crippen LogP contribution >= 0.6 is 0 Å². The fraction of sp³-hybridized carbons (Fsp3) is 0.214. The first-order chi connectivity index (χ1) is 9.95. The zero-order valence-electron chi connectivity index (χ0n) is 11.5. The molecule has 6 nitrogen and oxygen atoms in total. The third-order valence-corrected chi connectivity index (χ3v) is 2.46. The van der Waals surface area contributed by atoms with Gasteiger partial charge in [0.1, 0.15) is 5.69 Å². The van der Waals surface area contributed by atoms with Crippen molar-refractivity contribution >= 4 is 11.6 Å². The molecule has 0 unspecified atom stereocenters. The van der Waals surface area contributed by atoms with Crippen LogP contribution in [0.15, 0.2) is 35.1 Å². The number of rotatable bonds is 4. The van der Waals surface area contributed by atoms with Crippen molar-refractivity contribution in [1.29, 1.82) is 0 Å². The van der Waals surface area contributed by atoms with Crippen LogP contribution in [-0.4, -0.2) is 22.2 Å². The van der Waals surface area contributed by atoms with Crippen LogP contribution < -0.4 is 15.6 Å². The van der Waals surface area contributed by atoms with Crippen molar-refractivity contribution in [2.45, 2.75) is 20.0 Å². The Balaban J connectivity index is 2.12. The first-order valence-corrected chi connectivity index (χ1v) is 6.29. The number of hydrogen-bond donors (Lipinski definition) is 2. The van der Waals surface area contributed by atoms with Gasteiger partial charge in [0.2, 0.25) is 0 Å². The molecule has 7 heteroatoms. The van der Waals surface area contributed by atoms with Crippen LogP contribution in [0.2, 0.25) is 0 Å². The molecule has 0 aliphatic carbocycles. The van der Waals surface area contributed by atoms with Crippen LogP contribution in [0, 0.1) is 5.82 Å². The van der Waals surface area contributed by atoms with E-state index >= 15 is 0 Å². The van der Waals surface area contributed by atoms with E-state index in [-0.39, 0.29) is 23.2 Å². The van der Waals surface area contributed by atoms with Gasteiger partial charge in [-0.05, 0) is 32.0 Å². The molecule has 1 aromatic heterocycles. The van der Waals surface area contributed by atoms with Crippen molar-refractivity contribution in [3.63, 3.8) is 0 Å². The average molecular weight is 291 g/mol. The van der Waals surface area contributed by atoms with Gasteiger partial charge in [0.05, 0.1) is 6.10 Å². The van der Waals surface area contributed by atoms with E-state index in [1.54, 1.807) is 13.8 Å². The Hall–Kier alpha value is -2.70. The molecule has 21 heavy (non-hydrogen) atoms. The van der Waals surface area contributed by atoms with Crippen molar-refractivity contribution in [1.82, 2.24) is 10.2 Å². The van der Waals surface area contributed by atoms with E-state index in [1.165, 1.54) is 24.3 Å². The van der Waals surface area contributed by atoms with Crippen molar-refractivity contribution in [3.05, 3.63) is 52.2 Å². The van der Waals surface area contributed by atoms with Gasteiger partial charge in [0.25, 0.3) is 11.5 Å². The highest BCUT2D eigenvalue weighted by Crippen LogP contribution is 2.22. The Bertz CT molecular complexity index is 692. The molecule has 0 saturated heterocycles. The molecule has 2 rings (SSSR count). The van der Waals surface area contributed by atoms with Gasteiger partial charge in [-0.25, -0.2) is 9.49 Å². The minimum Gasteiger partial charge on any atom is -0.488 e. The number of ether oxygens (including phenoxy) is 1. The molecular formula is C14H14FN3O3. The summed E-state index contributed by atoms with van der Waals surface area (Å²) >= 11 is 0. The second kappa shape index (κ2) is 6.17. The Labute approximate surface area is 120 Å². The van der Waals surface area contributed by atoms with E-state index in [1.807, 2.05) is 0 Å². The molecule has 0 fully saturated rings. The highest BCUT2D eigenvalue weighted by molar-refractivity contribution is 6.02. The van der Waals surface area contributed by atoms with Gasteiger partial charge in [0.15, 0.2) is 11.6 Å². The van der Waals surface area contributed by atoms with Crippen molar-refractivity contribution in [3.8, 4) is 5.75 Å². The van der Waals surface area contributed by atoms with E-state index in [4.69, 9.17) is 4.74 Å². The average Bonchev–Trinajstić information content (AvgIpc) is 2.42. The van der Waals surface area contributed by atoms with Gasteiger partial charge in [-0.1, -0.05) is 0 Å². The molecule has 0 radical (unpaired) electrons. The topological polar surface area (TPSA) is 84.1 Å². The molecular weight excluding hydrogens is 277 g/mol. The summed E-state index contributed by atoms with van der Waals surface area (Å²) in [5.74, 6) is -1.01. The smallest absolute Gasteiger partial charge is 0.276 e. The van der Waals surface area contributed by atoms with Crippen LogP contribution in [0.4, 0.5) is 10.1 Å². The molecule has 0 bridgehead atoms. The number of anilines is 1. The molecule has 0 atom stereocenters. The van der Waals surface area contributed by atoms with Gasteiger partial charge in [0, 0.05) is 17.8 Å². The number of amides is 1. The number of hydrogen-bond acceptors (Lipinski definition) is 4. The molecule has 1 aromatic carbocycles. The molecule has 0 spiro atoms. The SMILES string of the molecule is CC(C)Oc1ccc(NC(=O)c2ccc(=O)[nH]n2)cc1F. The summed E-state index contributed by atoms with van der Waals surface area (Å²) in [7, 11) is 0. The normalized spacial score (nSPS) is 10.5. The first-order valence-electron chi connectivity index (χ1n) is 6.29. The molecule has 2 N–H and O–H groups in total. The van der Waals surface area contributed by atoms with Crippen LogP contribution in [0.25, 0.3) is 0 Å². The second-order valence-electron chi connectivity index (χ2n) is 4.57. The van der Waals surface area contributed by atoms with Gasteiger partial charge >= 0.3 is 0 Å². The maximum absolute atomic E-state index is 13.8. The zero-order chi connectivity index (χ0) is 15.4. The van der Waals surface area contributed by atoms with E-state index < -0.39 is 17.3 Å². The van der Waals surface area contributed by atoms with Gasteiger partial charge < -0.3 is 10.1 Å². The number of nitrogens with zero attached hydrogens (tertiary/aromatic N) is 1. The number of aromatic amines is 1. The third kappa shape index (κ3) is 3.88. The molecule has 0 aliphatic heterocycles. The largest absolute Gasteiger partial charge is 0.488 e. The number of benzene rings is 1. The highest BCUT2D eigenvalue weighted by Gasteiger charge is 2.11. The van der Waals surface area contributed by atoms with Crippen molar-refractivity contribution in [2.75, 3.05) is 5.32 Å². The van der Waals surface area contributed by atoms with Gasteiger partial charge in [-0.3, -0.25) is 9.59 Å². The summed E-state index contributed by atoms with van der Waals surface area (Å²) in [6.07, 6.45) is -0.148. The van der Waals surface area contributed by atoms with Gasteiger partial charge in [-0.15, -0.1) is 0 Å². The minimum atomic E-state index is -0.573. The first kappa shape index (κ1) is 14.7. The molecule has 2 aromatic rings. The summed E-state index contributed by atoms with van der Waals surface area (Å²) in [6.45, 7) is 3.58. The van der Waals surface area contributed by atoms with E-state index in [9.17, 15) is 14.0 Å². The predicted octanol–water partition coefficient (Wildman–Crippen LogP) is 1.95. The summed E-state index contributed by atoms with van der Waals surface area (Å²) in [4.78, 5) is 22.7. The Morgan fingerprint density at radius 3 is 2.67 bits per heavy atom. The van der Waals surface area contributed by atoms with Crippen LogP contribution in [0.5, 0.6) is 5.75 Å². The summed E-state index contributed by atoms with van der Waals surface area (Å²) < 4.78 is 19.0. The van der Waals surface area contributed by atoms with Crippen LogP contribution in [0.1, 0.15) is 24.3 Å². The Morgan fingerprint density at radius 2 is 2.10 bits per heavy atom. The summed E-state index contributed by atoms with van der Waals surface area (Å²) in [5.41, 5.74) is -0.119. The lowest BCUT2D eigenvalue weighted by Crippen LogP contribution is -2.17. The molecule has 110 valence electrons. The predicted molar refractivity (Wildman–Crippen MR) is 75.0 cm³/mol. The number of halogens is 1. The third-order valence-electron chi connectivity index (χ3n) is 2.46. The number of carbonyl (C=O) groups excluding carboxylic acids is 1. The number of nitrogens with one attached hydrogen (secondary N) is 2. The lowest BCUT2D eigenvalue weighted by molar-refractivity contribution is 0.102. The van der Waals surface area contributed by atoms with Crippen LogP contribution in [-0.2, 0) is 0 Å². The fourth-order valence-corrected chi connectivity index (χ4v) is 1.59. The molecule has 1 heterocycles. The van der Waals surface area contributed by atoms with Gasteiger partial charge in [-0.2, -0.15) is 5.10 Å². The maximum atomic E-state index is 13.8. The summed E-state index contributed by atoms with van der Waals surface area (Å²) in [5, 5.41) is 8.21. The Morgan fingerprint density at radius 1 is 1.33 bits per heavy atom. The highest BCUT2D eigenvalue weighted by atomic mass is 19.1. The fourth-order valence-electron chi connectivity index (χ4n) is 1.59. The van der Waals surface area contributed by atoms with E-state index in [0.717, 1.165) is 6.07 Å². The second-order valence-corrected chi connectivity index (χ2v) is 4.57. The molecule has 0 aliphatic rings. The molecule has 1 amide bonds. The maximum Gasteiger partial charge on any atom is 0.276 e. The lowest BCUT2D eigenvalue weighted by atomic mass is 10.2. The van der Waals surface area contributed by atoms with Crippen molar-refractivity contribution in [2.24, 2.45) is 0 Å². The quantitative estimate of drug-likeness (QED) is 0.901. The number of carbonyl (C=O) groups is 1. The van der Waals surface area contributed by atoms with E-state index in [0.29, 0.717) is 0 Å². The number of H-pyrrole nitrogens is 1. The zero-order valence-corrected chi connectivity index (χ0v) is 11.5. The standard InChI is InChI=1S/C14H14FN3O3/c1-8(2)21-12-5-3-9(7-10(12)15)16-14(20)11-4-6-13(19)18-17-11/h3-8H,1-2H3,(H,16,20)(H,18,19). The monoisotopic (exact) mass is 291 g/mol. The molecule has 0 saturated carbocycles. The Kier molecular flexibility index (Phi) is 4.32. The van der Waals surface area contributed by atoms with Crippen molar-refractivity contribution < 1.29 is 13.9 Å². The number of aromatic nitrogens is 2. The summed E-state index contributed by atoms with van der Waals surface area (Å²) in [6, 6.07) is 6.57. The van der Waals surface area contributed by atoms with E-state index in [2.05, 4.69) is 15.5 Å². The lowest BCUT2D eigenvalue weighted by Gasteiger charge is -2.11. The minimum absolute atomic E-state index is 0.0255.